The molecule has 0 aliphatic carbocycles. The second-order valence-corrected chi connectivity index (χ2v) is 6.39. The third-order valence-electron chi connectivity index (χ3n) is 2.39. The Kier molecular flexibility index (Phi) is 3.82. The maximum absolute atomic E-state index is 11.8. The Labute approximate surface area is 95.4 Å². The molecule has 0 saturated carbocycles. The van der Waals surface area contributed by atoms with Crippen molar-refractivity contribution >= 4 is 22.9 Å². The summed E-state index contributed by atoms with van der Waals surface area (Å²) in [6, 6.07) is 0. The first-order valence-corrected chi connectivity index (χ1v) is 6.22. The van der Waals surface area contributed by atoms with E-state index < -0.39 is 4.75 Å². The lowest BCUT2D eigenvalue weighted by Gasteiger charge is -2.27. The Morgan fingerprint density at radius 2 is 1.60 bits per heavy atom. The summed E-state index contributed by atoms with van der Waals surface area (Å²) in [5.74, 6) is 0.751. The quantitative estimate of drug-likeness (QED) is 0.806. The molecule has 1 fully saturated rings. The highest BCUT2D eigenvalue weighted by molar-refractivity contribution is 8.16. The van der Waals surface area contributed by atoms with Crippen LogP contribution in [0.5, 0.6) is 0 Å². The minimum atomic E-state index is -0.514. The van der Waals surface area contributed by atoms with Crippen molar-refractivity contribution in [2.75, 3.05) is 0 Å². The Morgan fingerprint density at radius 1 is 1.13 bits per heavy atom. The van der Waals surface area contributed by atoms with Crippen LogP contribution in [0, 0.1) is 11.8 Å². The van der Waals surface area contributed by atoms with Gasteiger partial charge < -0.3 is 0 Å². The van der Waals surface area contributed by atoms with Gasteiger partial charge in [-0.3, -0.25) is 14.9 Å². The average Bonchev–Trinajstić information content (AvgIpc) is 2.22. The minimum absolute atomic E-state index is 0.0973. The monoisotopic (exact) mass is 229 g/mol. The number of nitrogens with one attached hydrogen (secondary N) is 1. The molecule has 1 heterocycles. The van der Waals surface area contributed by atoms with Gasteiger partial charge in [0, 0.05) is 0 Å². The van der Waals surface area contributed by atoms with Gasteiger partial charge in [-0.25, -0.2) is 0 Å². The molecular formula is C11H19NO2S. The molecule has 1 aliphatic heterocycles. The van der Waals surface area contributed by atoms with Crippen molar-refractivity contribution in [1.82, 2.24) is 5.32 Å². The van der Waals surface area contributed by atoms with Gasteiger partial charge in [-0.05, 0) is 36.4 Å². The molecule has 0 radical (unpaired) electrons. The van der Waals surface area contributed by atoms with Crippen molar-refractivity contribution in [2.24, 2.45) is 11.8 Å². The van der Waals surface area contributed by atoms with E-state index >= 15 is 0 Å². The summed E-state index contributed by atoms with van der Waals surface area (Å²) in [4.78, 5) is 23.1. The molecule has 3 nitrogen and oxygen atoms in total. The highest BCUT2D eigenvalue weighted by Crippen LogP contribution is 2.42. The van der Waals surface area contributed by atoms with Crippen LogP contribution in [0.3, 0.4) is 0 Å². The van der Waals surface area contributed by atoms with E-state index in [1.54, 1.807) is 0 Å². The Bertz CT molecular complexity index is 264. The Hall–Kier alpha value is -0.510. The predicted octanol–water partition coefficient (Wildman–Crippen LogP) is 2.80. The van der Waals surface area contributed by atoms with Crippen molar-refractivity contribution in [1.29, 1.82) is 0 Å². The van der Waals surface area contributed by atoms with Crippen LogP contribution in [0.2, 0.25) is 0 Å². The van der Waals surface area contributed by atoms with Crippen molar-refractivity contribution in [3.05, 3.63) is 0 Å². The molecule has 0 atom stereocenters. The second kappa shape index (κ2) is 4.56. The van der Waals surface area contributed by atoms with E-state index in [4.69, 9.17) is 0 Å². The third-order valence-corrected chi connectivity index (χ3v) is 3.59. The largest absolute Gasteiger partial charge is 0.286 e. The lowest BCUT2D eigenvalue weighted by atomic mass is 9.88. The van der Waals surface area contributed by atoms with Crippen molar-refractivity contribution in [2.45, 2.75) is 45.3 Å². The minimum Gasteiger partial charge on any atom is -0.286 e. The molecule has 1 N–H and O–H groups in total. The van der Waals surface area contributed by atoms with E-state index in [9.17, 15) is 9.59 Å². The van der Waals surface area contributed by atoms with Gasteiger partial charge in [0.15, 0.2) is 0 Å². The van der Waals surface area contributed by atoms with Crippen LogP contribution < -0.4 is 5.32 Å². The summed E-state index contributed by atoms with van der Waals surface area (Å²) in [5, 5.41) is 2.21. The van der Waals surface area contributed by atoms with Gasteiger partial charge in [-0.1, -0.05) is 27.7 Å². The molecule has 0 bridgehead atoms. The Balaban J connectivity index is 2.85. The van der Waals surface area contributed by atoms with Crippen molar-refractivity contribution in [3.8, 4) is 0 Å². The number of imide groups is 1. The van der Waals surface area contributed by atoms with E-state index in [1.165, 1.54) is 11.8 Å². The molecule has 0 aromatic carbocycles. The zero-order chi connectivity index (χ0) is 11.6. The molecule has 15 heavy (non-hydrogen) atoms. The molecule has 0 aromatic heterocycles. The van der Waals surface area contributed by atoms with Crippen molar-refractivity contribution < 1.29 is 9.59 Å². The van der Waals surface area contributed by atoms with E-state index in [1.807, 2.05) is 0 Å². The maximum atomic E-state index is 11.8. The standard InChI is InChI=1S/C11H19NO2S/c1-7(2)5-11(6-8(3)4)9(13)12-10(14)15-11/h7-8H,5-6H2,1-4H3,(H,12,13,14). The molecule has 86 valence electrons. The lowest BCUT2D eigenvalue weighted by molar-refractivity contribution is -0.122. The molecule has 1 saturated heterocycles. The first-order valence-electron chi connectivity index (χ1n) is 5.40. The summed E-state index contributed by atoms with van der Waals surface area (Å²) >= 11 is 1.18. The van der Waals surface area contributed by atoms with E-state index in [2.05, 4.69) is 33.0 Å². The van der Waals surface area contributed by atoms with Gasteiger partial charge in [0.1, 0.15) is 4.75 Å². The summed E-state index contributed by atoms with van der Waals surface area (Å²) < 4.78 is -0.514. The van der Waals surface area contributed by atoms with Gasteiger partial charge in [-0.15, -0.1) is 0 Å². The van der Waals surface area contributed by atoms with Gasteiger partial charge in [0.05, 0.1) is 0 Å². The SMILES string of the molecule is CC(C)CC1(CC(C)C)SC(=O)NC1=O. The molecule has 1 rings (SSSR count). The number of carbonyl (C=O) groups excluding carboxylic acids is 2. The summed E-state index contributed by atoms with van der Waals surface area (Å²) in [5.41, 5.74) is 0. The highest BCUT2D eigenvalue weighted by Gasteiger charge is 2.47. The highest BCUT2D eigenvalue weighted by atomic mass is 32.2. The molecule has 1 aliphatic rings. The summed E-state index contributed by atoms with van der Waals surface area (Å²) in [6.45, 7) is 8.33. The van der Waals surface area contributed by atoms with Gasteiger partial charge in [0.25, 0.3) is 5.24 Å². The molecule has 0 unspecified atom stereocenters. The number of thioether (sulfide) groups is 1. The van der Waals surface area contributed by atoms with Crippen LogP contribution in [0.25, 0.3) is 0 Å². The van der Waals surface area contributed by atoms with E-state index in [0.717, 1.165) is 12.8 Å². The van der Waals surface area contributed by atoms with Crippen LogP contribution in [0.1, 0.15) is 40.5 Å². The molecule has 4 heteroatoms. The first-order chi connectivity index (χ1) is 6.85. The van der Waals surface area contributed by atoms with Gasteiger partial charge in [-0.2, -0.15) is 0 Å². The molecular weight excluding hydrogens is 210 g/mol. The molecule has 2 amide bonds. The van der Waals surface area contributed by atoms with Crippen molar-refractivity contribution in [3.63, 3.8) is 0 Å². The number of carbonyl (C=O) groups is 2. The molecule has 0 aromatic rings. The fourth-order valence-corrected chi connectivity index (χ4v) is 3.60. The topological polar surface area (TPSA) is 46.2 Å². The van der Waals surface area contributed by atoms with Crippen LogP contribution in [-0.4, -0.2) is 15.9 Å². The van der Waals surface area contributed by atoms with E-state index in [-0.39, 0.29) is 11.1 Å². The Morgan fingerprint density at radius 3 is 1.87 bits per heavy atom. The van der Waals surface area contributed by atoms with Crippen LogP contribution >= 0.6 is 11.8 Å². The van der Waals surface area contributed by atoms with Crippen LogP contribution in [0.15, 0.2) is 0 Å². The third kappa shape index (κ3) is 2.97. The number of rotatable bonds is 4. The smallest absolute Gasteiger partial charge is 0.286 e. The van der Waals surface area contributed by atoms with Gasteiger partial charge >= 0.3 is 0 Å². The van der Waals surface area contributed by atoms with Gasteiger partial charge in [0.2, 0.25) is 5.91 Å². The summed E-state index contributed by atoms with van der Waals surface area (Å²) in [7, 11) is 0. The fraction of sp³-hybridized carbons (Fsp3) is 0.818. The maximum Gasteiger partial charge on any atom is 0.286 e. The van der Waals surface area contributed by atoms with Crippen LogP contribution in [0.4, 0.5) is 4.79 Å². The normalized spacial score (nSPS) is 20.1. The number of amides is 2. The molecule has 0 spiro atoms. The second-order valence-electron chi connectivity index (χ2n) is 5.03. The number of hydrogen-bond acceptors (Lipinski definition) is 3. The average molecular weight is 229 g/mol. The first kappa shape index (κ1) is 12.6. The lowest BCUT2D eigenvalue weighted by Crippen LogP contribution is -2.38. The zero-order valence-electron chi connectivity index (χ0n) is 9.79. The summed E-state index contributed by atoms with van der Waals surface area (Å²) in [6.07, 6.45) is 1.54. The van der Waals surface area contributed by atoms with Crippen LogP contribution in [-0.2, 0) is 4.79 Å². The number of hydrogen-bond donors (Lipinski definition) is 1. The predicted molar refractivity (Wildman–Crippen MR) is 62.8 cm³/mol. The zero-order valence-corrected chi connectivity index (χ0v) is 10.6. The fourth-order valence-electron chi connectivity index (χ4n) is 2.13. The van der Waals surface area contributed by atoms with E-state index in [0.29, 0.717) is 11.8 Å².